The molecule has 3 rings (SSSR count). The Labute approximate surface area is 186 Å². The third kappa shape index (κ3) is 5.07. The largest absolute Gasteiger partial charge is 0.494 e. The van der Waals surface area contributed by atoms with E-state index in [2.05, 4.69) is 15.3 Å². The van der Waals surface area contributed by atoms with Gasteiger partial charge < -0.3 is 10.1 Å². The predicted octanol–water partition coefficient (Wildman–Crippen LogP) is 3.19. The summed E-state index contributed by atoms with van der Waals surface area (Å²) in [5.41, 5.74) is 0.821. The van der Waals surface area contributed by atoms with Crippen molar-refractivity contribution < 1.29 is 9.53 Å². The van der Waals surface area contributed by atoms with Crippen LogP contribution in [0.2, 0.25) is 0 Å². The fourth-order valence-corrected chi connectivity index (χ4v) is 3.49. The molecule has 0 saturated carbocycles. The van der Waals surface area contributed by atoms with Gasteiger partial charge in [0.15, 0.2) is 5.65 Å². The second-order valence-electron chi connectivity index (χ2n) is 8.47. The molecule has 8 nitrogen and oxygen atoms in total. The van der Waals surface area contributed by atoms with E-state index in [1.54, 1.807) is 6.07 Å². The number of aromatic amines is 1. The normalized spacial score (nSPS) is 11.3. The van der Waals surface area contributed by atoms with Gasteiger partial charge in [0.05, 0.1) is 17.6 Å². The first-order chi connectivity index (χ1) is 15.2. The zero-order valence-corrected chi connectivity index (χ0v) is 19.2. The highest BCUT2D eigenvalue weighted by Gasteiger charge is 2.20. The number of carbonyl (C=O) groups excluding carboxylic acids is 1. The standard InChI is InChI=1S/C24H30N4O4/c1-6-32-17-9-7-8-16(10-17)12-25-22(29)18-11-19(15(4)5)26-21-20(18)23(30)27-24(31)28(21)13-14(2)3/h7-11,14-15H,6,12-13H2,1-5H3,(H,25,29)(H,27,30,31). The summed E-state index contributed by atoms with van der Waals surface area (Å²) < 4.78 is 6.95. The number of pyridine rings is 1. The summed E-state index contributed by atoms with van der Waals surface area (Å²) in [5.74, 6) is 0.489. The van der Waals surface area contributed by atoms with Gasteiger partial charge in [-0.1, -0.05) is 39.8 Å². The van der Waals surface area contributed by atoms with Crippen LogP contribution in [0.15, 0.2) is 39.9 Å². The van der Waals surface area contributed by atoms with E-state index in [0.717, 1.165) is 11.3 Å². The maximum absolute atomic E-state index is 13.2. The van der Waals surface area contributed by atoms with Gasteiger partial charge in [0, 0.05) is 18.8 Å². The quantitative estimate of drug-likeness (QED) is 0.562. The van der Waals surface area contributed by atoms with Crippen molar-refractivity contribution in [2.45, 2.75) is 53.6 Å². The third-order valence-corrected chi connectivity index (χ3v) is 5.01. The molecular formula is C24H30N4O4. The average molecular weight is 439 g/mol. The zero-order chi connectivity index (χ0) is 23.4. The lowest BCUT2D eigenvalue weighted by molar-refractivity contribution is 0.0952. The maximum Gasteiger partial charge on any atom is 0.330 e. The molecule has 3 aromatic rings. The van der Waals surface area contributed by atoms with E-state index >= 15 is 0 Å². The van der Waals surface area contributed by atoms with Crippen molar-refractivity contribution in [1.82, 2.24) is 19.9 Å². The minimum absolute atomic E-state index is 0.00992. The smallest absolute Gasteiger partial charge is 0.330 e. The van der Waals surface area contributed by atoms with Gasteiger partial charge >= 0.3 is 5.69 Å². The molecule has 8 heteroatoms. The molecule has 2 heterocycles. The molecule has 0 atom stereocenters. The van der Waals surface area contributed by atoms with E-state index in [9.17, 15) is 14.4 Å². The SMILES string of the molecule is CCOc1cccc(CNC(=O)c2cc(C(C)C)nc3c2c(=O)[nH]c(=O)n3CC(C)C)c1. The molecule has 0 unspecified atom stereocenters. The van der Waals surface area contributed by atoms with Crippen LogP contribution in [0.3, 0.4) is 0 Å². The number of rotatable bonds is 8. The first-order valence-corrected chi connectivity index (χ1v) is 10.9. The lowest BCUT2D eigenvalue weighted by atomic mass is 10.0. The van der Waals surface area contributed by atoms with Crippen molar-refractivity contribution >= 4 is 16.9 Å². The van der Waals surface area contributed by atoms with Crippen LogP contribution in [-0.2, 0) is 13.1 Å². The summed E-state index contributed by atoms with van der Waals surface area (Å²) in [5, 5.41) is 3.00. The van der Waals surface area contributed by atoms with Crippen molar-refractivity contribution in [1.29, 1.82) is 0 Å². The van der Waals surface area contributed by atoms with Crippen molar-refractivity contribution in [2.24, 2.45) is 5.92 Å². The lowest BCUT2D eigenvalue weighted by Crippen LogP contribution is -2.34. The molecule has 170 valence electrons. The summed E-state index contributed by atoms with van der Waals surface area (Å²) in [6.07, 6.45) is 0. The first kappa shape index (κ1) is 23.2. The molecular weight excluding hydrogens is 408 g/mol. The maximum atomic E-state index is 13.2. The number of aromatic nitrogens is 3. The number of hydrogen-bond acceptors (Lipinski definition) is 5. The van der Waals surface area contributed by atoms with Crippen LogP contribution >= 0.6 is 0 Å². The van der Waals surface area contributed by atoms with Gasteiger partial charge in [0.2, 0.25) is 0 Å². The van der Waals surface area contributed by atoms with E-state index in [1.807, 2.05) is 58.9 Å². The predicted molar refractivity (Wildman–Crippen MR) is 124 cm³/mol. The Morgan fingerprint density at radius 1 is 1.19 bits per heavy atom. The van der Waals surface area contributed by atoms with Crippen LogP contribution < -0.4 is 21.3 Å². The Bertz CT molecular complexity index is 1240. The van der Waals surface area contributed by atoms with Gasteiger partial charge in [-0.25, -0.2) is 9.78 Å². The second kappa shape index (κ2) is 9.80. The van der Waals surface area contributed by atoms with Crippen LogP contribution in [0.4, 0.5) is 0 Å². The fraction of sp³-hybridized carbons (Fsp3) is 0.417. The number of ether oxygens (including phenoxy) is 1. The third-order valence-electron chi connectivity index (χ3n) is 5.01. The molecule has 0 aliphatic heterocycles. The van der Waals surface area contributed by atoms with Crippen molar-refractivity contribution in [2.75, 3.05) is 6.61 Å². The van der Waals surface area contributed by atoms with Crippen LogP contribution in [0, 0.1) is 5.92 Å². The van der Waals surface area contributed by atoms with Gasteiger partial charge in [0.1, 0.15) is 5.75 Å². The molecule has 0 bridgehead atoms. The number of amides is 1. The molecule has 0 aliphatic rings. The summed E-state index contributed by atoms with van der Waals surface area (Å²) in [6, 6.07) is 9.10. The van der Waals surface area contributed by atoms with E-state index < -0.39 is 17.2 Å². The molecule has 0 saturated heterocycles. The summed E-state index contributed by atoms with van der Waals surface area (Å²) in [6.45, 7) is 11.0. The first-order valence-electron chi connectivity index (χ1n) is 10.9. The molecule has 2 aromatic heterocycles. The van der Waals surface area contributed by atoms with Gasteiger partial charge in [-0.05, 0) is 42.5 Å². The second-order valence-corrected chi connectivity index (χ2v) is 8.47. The van der Waals surface area contributed by atoms with Crippen LogP contribution in [0.1, 0.15) is 62.2 Å². The fourth-order valence-electron chi connectivity index (χ4n) is 3.49. The monoisotopic (exact) mass is 438 g/mol. The topological polar surface area (TPSA) is 106 Å². The van der Waals surface area contributed by atoms with Crippen LogP contribution in [-0.4, -0.2) is 27.0 Å². The highest BCUT2D eigenvalue weighted by Crippen LogP contribution is 2.20. The molecule has 1 aromatic carbocycles. The summed E-state index contributed by atoms with van der Waals surface area (Å²) in [4.78, 5) is 45.3. The van der Waals surface area contributed by atoms with E-state index in [-0.39, 0.29) is 35.0 Å². The highest BCUT2D eigenvalue weighted by atomic mass is 16.5. The van der Waals surface area contributed by atoms with E-state index in [0.29, 0.717) is 18.8 Å². The number of fused-ring (bicyclic) bond motifs is 1. The minimum Gasteiger partial charge on any atom is -0.494 e. The number of hydrogen-bond donors (Lipinski definition) is 2. The Balaban J connectivity index is 2.06. The molecule has 1 amide bonds. The Hall–Kier alpha value is -3.42. The molecule has 0 radical (unpaired) electrons. The molecule has 0 fully saturated rings. The minimum atomic E-state index is -0.615. The Morgan fingerprint density at radius 3 is 2.59 bits per heavy atom. The summed E-state index contributed by atoms with van der Waals surface area (Å²) >= 11 is 0. The van der Waals surface area contributed by atoms with Crippen molar-refractivity contribution in [3.8, 4) is 5.75 Å². The lowest BCUT2D eigenvalue weighted by Gasteiger charge is -2.16. The number of nitrogens with one attached hydrogen (secondary N) is 2. The number of carbonyl (C=O) groups is 1. The van der Waals surface area contributed by atoms with Gasteiger partial charge in [-0.3, -0.25) is 19.1 Å². The number of benzene rings is 1. The molecule has 0 aliphatic carbocycles. The Morgan fingerprint density at radius 2 is 1.94 bits per heavy atom. The highest BCUT2D eigenvalue weighted by molar-refractivity contribution is 6.05. The van der Waals surface area contributed by atoms with Crippen molar-refractivity contribution in [3.05, 3.63) is 68.0 Å². The summed E-state index contributed by atoms with van der Waals surface area (Å²) in [7, 11) is 0. The average Bonchev–Trinajstić information content (AvgIpc) is 2.74. The number of H-pyrrole nitrogens is 1. The van der Waals surface area contributed by atoms with E-state index in [4.69, 9.17) is 4.74 Å². The molecule has 2 N–H and O–H groups in total. The molecule has 32 heavy (non-hydrogen) atoms. The van der Waals surface area contributed by atoms with Gasteiger partial charge in [-0.15, -0.1) is 0 Å². The van der Waals surface area contributed by atoms with Gasteiger partial charge in [-0.2, -0.15) is 0 Å². The van der Waals surface area contributed by atoms with Gasteiger partial charge in [0.25, 0.3) is 11.5 Å². The number of nitrogens with zero attached hydrogens (tertiary/aromatic N) is 2. The molecule has 0 spiro atoms. The van der Waals surface area contributed by atoms with Crippen molar-refractivity contribution in [3.63, 3.8) is 0 Å². The van der Waals surface area contributed by atoms with Crippen LogP contribution in [0.5, 0.6) is 5.75 Å². The van der Waals surface area contributed by atoms with E-state index in [1.165, 1.54) is 4.57 Å². The zero-order valence-electron chi connectivity index (χ0n) is 19.2. The Kier molecular flexibility index (Phi) is 7.12. The van der Waals surface area contributed by atoms with Crippen LogP contribution in [0.25, 0.3) is 11.0 Å².